The quantitative estimate of drug-likeness (QED) is 0.488. The molecule has 0 saturated heterocycles. The van der Waals surface area contributed by atoms with Gasteiger partial charge in [0, 0.05) is 24.5 Å². The van der Waals surface area contributed by atoms with Crippen molar-refractivity contribution in [3.05, 3.63) is 59.0 Å². The van der Waals surface area contributed by atoms with E-state index in [0.717, 1.165) is 11.3 Å². The highest BCUT2D eigenvalue weighted by atomic mass is 16.4. The number of phenols is 1. The molecule has 0 unspecified atom stereocenters. The number of hydrogen-bond acceptors (Lipinski definition) is 6. The van der Waals surface area contributed by atoms with Crippen molar-refractivity contribution >= 4 is 17.9 Å². The molecule has 1 aromatic carbocycles. The second-order valence-electron chi connectivity index (χ2n) is 5.64. The SMILES string of the molecule is N=C([C@@H](CN)c1ccc(O)c(C(=O)O)c1)N1C=Cc2nnccc2C1. The number of aromatic hydroxyl groups is 1. The molecule has 8 nitrogen and oxygen atoms in total. The highest BCUT2D eigenvalue weighted by Gasteiger charge is 2.24. The van der Waals surface area contributed by atoms with Gasteiger partial charge in [0.1, 0.15) is 17.1 Å². The standard InChI is InChI=1S/C17H17N5O3/c18-8-13(10-1-2-15(23)12(7-10)17(24)25)16(19)22-6-4-14-11(9-22)3-5-20-21-14/h1-7,13,19,23H,8-9,18H2,(H,24,25)/t13-/m0/s1. The molecule has 0 spiro atoms. The van der Waals surface area contributed by atoms with Crippen molar-refractivity contribution in [2.75, 3.05) is 6.54 Å². The van der Waals surface area contributed by atoms with E-state index in [0.29, 0.717) is 12.1 Å². The Bertz CT molecular complexity index is 865. The molecule has 0 fully saturated rings. The number of carbonyl (C=O) groups is 1. The number of carboxylic acid groups (broad SMARTS) is 1. The molecule has 0 bridgehead atoms. The number of benzene rings is 1. The Balaban J connectivity index is 1.88. The van der Waals surface area contributed by atoms with E-state index in [-0.39, 0.29) is 23.7 Å². The Morgan fingerprint density at radius 3 is 2.92 bits per heavy atom. The van der Waals surface area contributed by atoms with E-state index < -0.39 is 11.9 Å². The van der Waals surface area contributed by atoms with Crippen molar-refractivity contribution in [3.63, 3.8) is 0 Å². The molecule has 25 heavy (non-hydrogen) atoms. The fourth-order valence-electron chi connectivity index (χ4n) is 2.75. The van der Waals surface area contributed by atoms with Crippen LogP contribution in [0.15, 0.2) is 36.7 Å². The van der Waals surface area contributed by atoms with E-state index in [9.17, 15) is 9.90 Å². The summed E-state index contributed by atoms with van der Waals surface area (Å²) in [6.45, 7) is 0.592. The number of nitrogens with one attached hydrogen (secondary N) is 1. The van der Waals surface area contributed by atoms with Crippen LogP contribution in [0.4, 0.5) is 0 Å². The van der Waals surface area contributed by atoms with E-state index in [1.807, 2.05) is 6.07 Å². The van der Waals surface area contributed by atoms with Gasteiger partial charge in [0.2, 0.25) is 0 Å². The minimum atomic E-state index is -1.23. The molecule has 128 valence electrons. The number of aromatic nitrogens is 2. The maximum Gasteiger partial charge on any atom is 0.339 e. The Kier molecular flexibility index (Phi) is 4.44. The predicted molar refractivity (Wildman–Crippen MR) is 91.2 cm³/mol. The largest absolute Gasteiger partial charge is 0.507 e. The van der Waals surface area contributed by atoms with Crippen LogP contribution in [0.5, 0.6) is 5.75 Å². The molecule has 0 aliphatic carbocycles. The van der Waals surface area contributed by atoms with Crippen LogP contribution in [-0.4, -0.2) is 43.7 Å². The number of hydrogen-bond donors (Lipinski definition) is 4. The van der Waals surface area contributed by atoms with Gasteiger partial charge in [0.15, 0.2) is 0 Å². The van der Waals surface area contributed by atoms with Crippen LogP contribution in [0.25, 0.3) is 6.08 Å². The second-order valence-corrected chi connectivity index (χ2v) is 5.64. The lowest BCUT2D eigenvalue weighted by Crippen LogP contribution is -2.35. The number of fused-ring (bicyclic) bond motifs is 1. The zero-order valence-electron chi connectivity index (χ0n) is 13.3. The number of nitrogens with zero attached hydrogens (tertiary/aromatic N) is 3. The number of rotatable bonds is 4. The molecule has 0 saturated carbocycles. The van der Waals surface area contributed by atoms with Crippen LogP contribution in [0.1, 0.15) is 33.1 Å². The van der Waals surface area contributed by atoms with Gasteiger partial charge in [-0.05, 0) is 29.8 Å². The van der Waals surface area contributed by atoms with Gasteiger partial charge in [-0.2, -0.15) is 10.2 Å². The van der Waals surface area contributed by atoms with Gasteiger partial charge >= 0.3 is 5.97 Å². The van der Waals surface area contributed by atoms with E-state index in [1.165, 1.54) is 12.1 Å². The van der Waals surface area contributed by atoms with Gasteiger partial charge in [0.25, 0.3) is 0 Å². The van der Waals surface area contributed by atoms with Gasteiger partial charge in [-0.1, -0.05) is 6.07 Å². The number of nitrogens with two attached hydrogens (primary N) is 1. The Morgan fingerprint density at radius 1 is 1.40 bits per heavy atom. The van der Waals surface area contributed by atoms with Crippen LogP contribution in [0.3, 0.4) is 0 Å². The highest BCUT2D eigenvalue weighted by Crippen LogP contribution is 2.27. The van der Waals surface area contributed by atoms with Crippen LogP contribution < -0.4 is 5.73 Å². The summed E-state index contributed by atoms with van der Waals surface area (Å²) in [7, 11) is 0. The first kappa shape index (κ1) is 16.6. The molecule has 2 heterocycles. The van der Waals surface area contributed by atoms with Crippen molar-refractivity contribution < 1.29 is 15.0 Å². The van der Waals surface area contributed by atoms with Crippen LogP contribution >= 0.6 is 0 Å². The number of carboxylic acids is 1. The molecule has 1 aliphatic rings. The lowest BCUT2D eigenvalue weighted by molar-refractivity contribution is 0.0693. The third-order valence-electron chi connectivity index (χ3n) is 4.12. The zero-order valence-corrected chi connectivity index (χ0v) is 13.3. The molecule has 1 aromatic heterocycles. The van der Waals surface area contributed by atoms with Crippen LogP contribution in [-0.2, 0) is 6.54 Å². The van der Waals surface area contributed by atoms with Gasteiger partial charge in [0.05, 0.1) is 18.2 Å². The van der Waals surface area contributed by atoms with Crippen LogP contribution in [0, 0.1) is 5.41 Å². The van der Waals surface area contributed by atoms with E-state index >= 15 is 0 Å². The normalized spacial score (nSPS) is 14.0. The van der Waals surface area contributed by atoms with Gasteiger partial charge in [-0.25, -0.2) is 4.79 Å². The molecular weight excluding hydrogens is 322 g/mol. The summed E-state index contributed by atoms with van der Waals surface area (Å²) >= 11 is 0. The highest BCUT2D eigenvalue weighted by molar-refractivity contribution is 5.93. The van der Waals surface area contributed by atoms with Crippen molar-refractivity contribution in [2.24, 2.45) is 5.73 Å². The summed E-state index contributed by atoms with van der Waals surface area (Å²) in [6, 6.07) is 6.09. The molecule has 5 N–H and O–H groups in total. The maximum atomic E-state index is 11.2. The summed E-state index contributed by atoms with van der Waals surface area (Å²) in [6.07, 6.45) is 5.10. The van der Waals surface area contributed by atoms with Gasteiger partial charge < -0.3 is 20.8 Å². The van der Waals surface area contributed by atoms with Crippen LogP contribution in [0.2, 0.25) is 0 Å². The monoisotopic (exact) mass is 339 g/mol. The summed E-state index contributed by atoms with van der Waals surface area (Å²) in [5, 5.41) is 35.2. The fourth-order valence-corrected chi connectivity index (χ4v) is 2.75. The first-order valence-electron chi connectivity index (χ1n) is 7.61. The first-order valence-corrected chi connectivity index (χ1v) is 7.61. The summed E-state index contributed by atoms with van der Waals surface area (Å²) in [5.41, 5.74) is 7.90. The van der Waals surface area contributed by atoms with E-state index in [2.05, 4.69) is 10.2 Å². The third kappa shape index (κ3) is 3.20. The molecule has 0 radical (unpaired) electrons. The minimum Gasteiger partial charge on any atom is -0.507 e. The summed E-state index contributed by atoms with van der Waals surface area (Å²) < 4.78 is 0. The Hall–Kier alpha value is -3.26. The number of amidine groups is 1. The number of aromatic carboxylic acids is 1. The molecule has 1 atom stereocenters. The average molecular weight is 339 g/mol. The molecule has 2 aromatic rings. The van der Waals surface area contributed by atoms with Crippen molar-refractivity contribution in [1.29, 1.82) is 5.41 Å². The lowest BCUT2D eigenvalue weighted by atomic mass is 9.94. The van der Waals surface area contributed by atoms with E-state index in [4.69, 9.17) is 16.2 Å². The maximum absolute atomic E-state index is 11.2. The smallest absolute Gasteiger partial charge is 0.339 e. The molecule has 3 rings (SSSR count). The average Bonchev–Trinajstić information content (AvgIpc) is 2.62. The first-order chi connectivity index (χ1) is 12.0. The van der Waals surface area contributed by atoms with Crippen molar-refractivity contribution in [3.8, 4) is 5.75 Å². The lowest BCUT2D eigenvalue weighted by Gasteiger charge is -2.29. The Morgan fingerprint density at radius 2 is 2.20 bits per heavy atom. The topological polar surface area (TPSA) is 136 Å². The third-order valence-corrected chi connectivity index (χ3v) is 4.12. The van der Waals surface area contributed by atoms with Crippen molar-refractivity contribution in [2.45, 2.75) is 12.5 Å². The molecule has 0 amide bonds. The summed E-state index contributed by atoms with van der Waals surface area (Å²) in [4.78, 5) is 12.9. The predicted octanol–water partition coefficient (Wildman–Crippen LogP) is 1.39. The summed E-state index contributed by atoms with van der Waals surface area (Å²) in [5.74, 6) is -1.81. The minimum absolute atomic E-state index is 0.133. The fraction of sp³-hybridized carbons (Fsp3) is 0.176. The van der Waals surface area contributed by atoms with Gasteiger partial charge in [-0.15, -0.1) is 0 Å². The van der Waals surface area contributed by atoms with E-state index in [1.54, 1.807) is 29.4 Å². The Labute approximate surface area is 143 Å². The van der Waals surface area contributed by atoms with Gasteiger partial charge in [-0.3, -0.25) is 5.41 Å². The molecular formula is C17H17N5O3. The second kappa shape index (κ2) is 6.70. The van der Waals surface area contributed by atoms with Crippen molar-refractivity contribution in [1.82, 2.24) is 15.1 Å². The molecule has 1 aliphatic heterocycles. The molecule has 8 heteroatoms. The zero-order chi connectivity index (χ0) is 18.0.